The molecule has 108 valence electrons. The van der Waals surface area contributed by atoms with E-state index in [-0.39, 0.29) is 0 Å². The molecule has 1 aromatic carbocycles. The van der Waals surface area contributed by atoms with Crippen LogP contribution in [0, 0.1) is 0 Å². The SMILES string of the molecule is CC(c1nc(CCNc2ccccc2)cs1)S(C)(=O)=O. The maximum atomic E-state index is 11.5. The van der Waals surface area contributed by atoms with E-state index in [9.17, 15) is 8.42 Å². The Bertz CT molecular complexity index is 651. The lowest BCUT2D eigenvalue weighted by Crippen LogP contribution is -2.08. The Kier molecular flexibility index (Phi) is 4.77. The first-order valence-corrected chi connectivity index (χ1v) is 9.22. The first-order chi connectivity index (χ1) is 9.47. The molecule has 1 atom stereocenters. The predicted octanol–water partition coefficient (Wildman–Crippen LogP) is 2.90. The third-order valence-corrected chi connectivity index (χ3v) is 5.78. The number of benzene rings is 1. The number of aromatic nitrogens is 1. The van der Waals surface area contributed by atoms with Gasteiger partial charge in [0, 0.05) is 30.3 Å². The van der Waals surface area contributed by atoms with E-state index in [0.717, 1.165) is 24.3 Å². The van der Waals surface area contributed by atoms with Crippen LogP contribution in [0.1, 0.15) is 22.9 Å². The lowest BCUT2D eigenvalue weighted by molar-refractivity contribution is 0.592. The van der Waals surface area contributed by atoms with Crippen LogP contribution in [0.25, 0.3) is 0 Å². The van der Waals surface area contributed by atoms with Crippen molar-refractivity contribution >= 4 is 26.9 Å². The van der Waals surface area contributed by atoms with E-state index in [4.69, 9.17) is 0 Å². The van der Waals surface area contributed by atoms with Crippen LogP contribution in [0.15, 0.2) is 35.7 Å². The van der Waals surface area contributed by atoms with Crippen molar-refractivity contribution in [2.45, 2.75) is 18.6 Å². The molecule has 0 fully saturated rings. The number of hydrogen-bond donors (Lipinski definition) is 1. The van der Waals surface area contributed by atoms with Gasteiger partial charge in [0.25, 0.3) is 0 Å². The number of nitrogens with one attached hydrogen (secondary N) is 1. The molecule has 2 aromatic rings. The second-order valence-electron chi connectivity index (χ2n) is 4.69. The molecule has 0 aliphatic heterocycles. The fourth-order valence-corrected chi connectivity index (χ4v) is 3.60. The van der Waals surface area contributed by atoms with E-state index in [1.165, 1.54) is 17.6 Å². The summed E-state index contributed by atoms with van der Waals surface area (Å²) in [6.45, 7) is 2.46. The molecule has 0 radical (unpaired) electrons. The highest BCUT2D eigenvalue weighted by Crippen LogP contribution is 2.24. The van der Waals surface area contributed by atoms with E-state index < -0.39 is 15.1 Å². The zero-order valence-electron chi connectivity index (χ0n) is 11.5. The van der Waals surface area contributed by atoms with Crippen molar-refractivity contribution in [3.63, 3.8) is 0 Å². The number of anilines is 1. The molecule has 20 heavy (non-hydrogen) atoms. The smallest absolute Gasteiger partial charge is 0.156 e. The largest absolute Gasteiger partial charge is 0.385 e. The first kappa shape index (κ1) is 15.0. The molecule has 0 saturated carbocycles. The third-order valence-electron chi connectivity index (χ3n) is 3.04. The van der Waals surface area contributed by atoms with Crippen molar-refractivity contribution in [2.75, 3.05) is 18.1 Å². The van der Waals surface area contributed by atoms with Crippen molar-refractivity contribution in [3.05, 3.63) is 46.4 Å². The number of para-hydroxylation sites is 1. The fourth-order valence-electron chi connectivity index (χ4n) is 1.70. The van der Waals surface area contributed by atoms with Crippen molar-refractivity contribution < 1.29 is 8.42 Å². The highest BCUT2D eigenvalue weighted by molar-refractivity contribution is 7.91. The molecule has 0 amide bonds. The Morgan fingerprint density at radius 1 is 1.30 bits per heavy atom. The summed E-state index contributed by atoms with van der Waals surface area (Å²) in [5, 5.41) is 5.39. The maximum absolute atomic E-state index is 11.5. The second kappa shape index (κ2) is 6.37. The predicted molar refractivity (Wildman–Crippen MR) is 84.0 cm³/mol. The molecular formula is C14H18N2O2S2. The normalized spacial score (nSPS) is 13.1. The molecule has 4 nitrogen and oxygen atoms in total. The molecule has 6 heteroatoms. The zero-order chi connectivity index (χ0) is 14.6. The number of hydrogen-bond acceptors (Lipinski definition) is 5. The highest BCUT2D eigenvalue weighted by atomic mass is 32.2. The van der Waals surface area contributed by atoms with Crippen LogP contribution in [0.4, 0.5) is 5.69 Å². The minimum absolute atomic E-state index is 0.525. The monoisotopic (exact) mass is 310 g/mol. The molecule has 1 unspecified atom stereocenters. The standard InChI is InChI=1S/C14H18N2O2S2/c1-11(20(2,17)18)14-16-13(10-19-14)8-9-15-12-6-4-3-5-7-12/h3-7,10-11,15H,8-9H2,1-2H3. The van der Waals surface area contributed by atoms with E-state index in [1.807, 2.05) is 35.7 Å². The minimum Gasteiger partial charge on any atom is -0.385 e. The number of thiazole rings is 1. The van der Waals surface area contributed by atoms with Gasteiger partial charge in [-0.3, -0.25) is 0 Å². The minimum atomic E-state index is -3.07. The van der Waals surface area contributed by atoms with Crippen LogP contribution in [0.2, 0.25) is 0 Å². The molecule has 0 spiro atoms. The van der Waals surface area contributed by atoms with Gasteiger partial charge in [-0.25, -0.2) is 13.4 Å². The van der Waals surface area contributed by atoms with Gasteiger partial charge in [-0.05, 0) is 19.1 Å². The summed E-state index contributed by atoms with van der Waals surface area (Å²) in [7, 11) is -3.07. The van der Waals surface area contributed by atoms with Gasteiger partial charge in [-0.15, -0.1) is 11.3 Å². The summed E-state index contributed by atoms with van der Waals surface area (Å²) in [5.74, 6) is 0. The van der Waals surface area contributed by atoms with Gasteiger partial charge in [-0.2, -0.15) is 0 Å². The molecule has 0 aliphatic rings. The van der Waals surface area contributed by atoms with Gasteiger partial charge in [-0.1, -0.05) is 18.2 Å². The Labute approximate surface area is 123 Å². The van der Waals surface area contributed by atoms with Gasteiger partial charge < -0.3 is 5.32 Å². The molecule has 0 aliphatic carbocycles. The van der Waals surface area contributed by atoms with Crippen molar-refractivity contribution in [1.29, 1.82) is 0 Å². The first-order valence-electron chi connectivity index (χ1n) is 6.39. The average Bonchev–Trinajstić information content (AvgIpc) is 2.87. The summed E-state index contributed by atoms with van der Waals surface area (Å²) < 4.78 is 23.0. The van der Waals surface area contributed by atoms with Crippen molar-refractivity contribution in [3.8, 4) is 0 Å². The molecule has 2 rings (SSSR count). The van der Waals surface area contributed by atoms with Crippen LogP contribution in [-0.4, -0.2) is 26.2 Å². The van der Waals surface area contributed by atoms with E-state index in [2.05, 4.69) is 10.3 Å². The highest BCUT2D eigenvalue weighted by Gasteiger charge is 2.20. The van der Waals surface area contributed by atoms with Gasteiger partial charge in [0.15, 0.2) is 9.84 Å². The molecule has 1 aromatic heterocycles. The second-order valence-corrected chi connectivity index (χ2v) is 7.95. The molecular weight excluding hydrogens is 292 g/mol. The molecule has 1 N–H and O–H groups in total. The van der Waals surface area contributed by atoms with Crippen LogP contribution >= 0.6 is 11.3 Å². The lowest BCUT2D eigenvalue weighted by Gasteiger charge is -2.05. The zero-order valence-corrected chi connectivity index (χ0v) is 13.2. The van der Waals surface area contributed by atoms with Crippen LogP contribution in [-0.2, 0) is 16.3 Å². The quantitative estimate of drug-likeness (QED) is 0.891. The number of nitrogens with zero attached hydrogens (tertiary/aromatic N) is 1. The summed E-state index contributed by atoms with van der Waals surface area (Å²) in [6, 6.07) is 9.97. The number of sulfone groups is 1. The van der Waals surface area contributed by atoms with Crippen LogP contribution in [0.3, 0.4) is 0 Å². The average molecular weight is 310 g/mol. The lowest BCUT2D eigenvalue weighted by atomic mass is 10.3. The summed E-state index contributed by atoms with van der Waals surface area (Å²) in [4.78, 5) is 4.41. The Balaban J connectivity index is 1.90. The van der Waals surface area contributed by atoms with Crippen molar-refractivity contribution in [1.82, 2.24) is 4.98 Å². The third kappa shape index (κ3) is 4.05. The Morgan fingerprint density at radius 2 is 2.00 bits per heavy atom. The van der Waals surface area contributed by atoms with Gasteiger partial charge >= 0.3 is 0 Å². The van der Waals surface area contributed by atoms with Crippen LogP contribution in [0.5, 0.6) is 0 Å². The fraction of sp³-hybridized carbons (Fsp3) is 0.357. The van der Waals surface area contributed by atoms with Gasteiger partial charge in [0.2, 0.25) is 0 Å². The topological polar surface area (TPSA) is 59.1 Å². The molecule has 1 heterocycles. The Morgan fingerprint density at radius 3 is 2.65 bits per heavy atom. The van der Waals surface area contributed by atoms with Crippen molar-refractivity contribution in [2.24, 2.45) is 0 Å². The molecule has 0 bridgehead atoms. The molecule has 0 saturated heterocycles. The van der Waals surface area contributed by atoms with Gasteiger partial charge in [0.05, 0.1) is 5.69 Å². The van der Waals surface area contributed by atoms with Crippen LogP contribution < -0.4 is 5.32 Å². The van der Waals surface area contributed by atoms with E-state index in [0.29, 0.717) is 5.01 Å². The Hall–Kier alpha value is -1.40. The van der Waals surface area contributed by atoms with Gasteiger partial charge in [0.1, 0.15) is 10.3 Å². The number of rotatable bonds is 6. The summed E-state index contributed by atoms with van der Waals surface area (Å²) >= 11 is 1.41. The van der Waals surface area contributed by atoms with E-state index in [1.54, 1.807) is 6.92 Å². The summed E-state index contributed by atoms with van der Waals surface area (Å²) in [5.41, 5.74) is 2.01. The maximum Gasteiger partial charge on any atom is 0.156 e. The summed E-state index contributed by atoms with van der Waals surface area (Å²) in [6.07, 6.45) is 2.03. The van der Waals surface area contributed by atoms with E-state index >= 15 is 0 Å².